The number of nitrogens with one attached hydrogen (secondary N) is 2. The highest BCUT2D eigenvalue weighted by atomic mass is 15.1. The van der Waals surface area contributed by atoms with Gasteiger partial charge in [0.1, 0.15) is 17.6 Å². The Bertz CT molecular complexity index is 363. The summed E-state index contributed by atoms with van der Waals surface area (Å²) in [6, 6.07) is 7.93. The van der Waals surface area contributed by atoms with E-state index < -0.39 is 0 Å². The summed E-state index contributed by atoms with van der Waals surface area (Å²) in [4.78, 5) is 4.19. The van der Waals surface area contributed by atoms with Crippen molar-refractivity contribution in [3.63, 3.8) is 0 Å². The summed E-state index contributed by atoms with van der Waals surface area (Å²) in [5, 5.41) is 15.4. The summed E-state index contributed by atoms with van der Waals surface area (Å²) in [5.41, 5.74) is 0.462. The molecule has 1 aliphatic rings. The lowest BCUT2D eigenvalue weighted by Gasteiger charge is -2.24. The van der Waals surface area contributed by atoms with Crippen LogP contribution in [0.4, 0.5) is 5.82 Å². The van der Waals surface area contributed by atoms with E-state index >= 15 is 0 Å². The summed E-state index contributed by atoms with van der Waals surface area (Å²) in [7, 11) is 0. The molecular weight excluding hydrogens is 188 g/mol. The Morgan fingerprint density at radius 1 is 1.53 bits per heavy atom. The zero-order valence-corrected chi connectivity index (χ0v) is 8.53. The molecule has 1 aliphatic heterocycles. The van der Waals surface area contributed by atoms with Crippen molar-refractivity contribution in [1.29, 1.82) is 5.26 Å². The molecule has 0 bridgehead atoms. The number of nitrogens with zero attached hydrogens (tertiary/aromatic N) is 2. The van der Waals surface area contributed by atoms with E-state index in [1.165, 1.54) is 6.42 Å². The van der Waals surface area contributed by atoms with Crippen molar-refractivity contribution in [2.24, 2.45) is 0 Å². The van der Waals surface area contributed by atoms with Gasteiger partial charge in [0, 0.05) is 12.6 Å². The molecule has 2 N–H and O–H groups in total. The molecule has 0 saturated carbocycles. The lowest BCUT2D eigenvalue weighted by Crippen LogP contribution is -2.38. The molecule has 0 spiro atoms. The predicted molar refractivity (Wildman–Crippen MR) is 58.5 cm³/mol. The highest BCUT2D eigenvalue weighted by molar-refractivity contribution is 5.39. The van der Waals surface area contributed by atoms with Crippen molar-refractivity contribution in [1.82, 2.24) is 10.3 Å². The van der Waals surface area contributed by atoms with Gasteiger partial charge in [-0.25, -0.2) is 4.98 Å². The molecule has 1 fully saturated rings. The van der Waals surface area contributed by atoms with E-state index in [9.17, 15) is 0 Å². The van der Waals surface area contributed by atoms with Gasteiger partial charge in [0.2, 0.25) is 0 Å². The minimum Gasteiger partial charge on any atom is -0.366 e. The molecule has 0 aliphatic carbocycles. The monoisotopic (exact) mass is 202 g/mol. The van der Waals surface area contributed by atoms with E-state index in [4.69, 9.17) is 5.26 Å². The smallest absolute Gasteiger partial charge is 0.142 e. The molecule has 78 valence electrons. The van der Waals surface area contributed by atoms with Gasteiger partial charge in [-0.05, 0) is 31.5 Å². The van der Waals surface area contributed by atoms with E-state index in [1.807, 2.05) is 18.2 Å². The second-order valence-electron chi connectivity index (χ2n) is 3.71. The van der Waals surface area contributed by atoms with Crippen LogP contribution in [0.15, 0.2) is 18.2 Å². The third-order valence-corrected chi connectivity index (χ3v) is 2.51. The average molecular weight is 202 g/mol. The van der Waals surface area contributed by atoms with Crippen molar-refractivity contribution >= 4 is 5.82 Å². The molecule has 1 aromatic heterocycles. The summed E-state index contributed by atoms with van der Waals surface area (Å²) >= 11 is 0. The van der Waals surface area contributed by atoms with Gasteiger partial charge in [0.25, 0.3) is 0 Å². The highest BCUT2D eigenvalue weighted by Crippen LogP contribution is 2.10. The first kappa shape index (κ1) is 9.94. The van der Waals surface area contributed by atoms with Gasteiger partial charge in [-0.3, -0.25) is 0 Å². The standard InChI is InChI=1S/C11H14N4/c12-7-9-3-1-5-11(14-9)15-10-4-2-6-13-8-10/h1,3,5,10,13H,2,4,6,8H2,(H,14,15). The molecule has 2 rings (SSSR count). The Kier molecular flexibility index (Phi) is 3.15. The molecule has 4 heteroatoms. The topological polar surface area (TPSA) is 60.7 Å². The quantitative estimate of drug-likeness (QED) is 0.754. The fourth-order valence-electron chi connectivity index (χ4n) is 1.76. The Hall–Kier alpha value is -1.60. The van der Waals surface area contributed by atoms with Crippen LogP contribution in [0.1, 0.15) is 18.5 Å². The molecule has 1 aromatic rings. The van der Waals surface area contributed by atoms with E-state index in [-0.39, 0.29) is 0 Å². The van der Waals surface area contributed by atoms with E-state index in [0.29, 0.717) is 11.7 Å². The number of hydrogen-bond acceptors (Lipinski definition) is 4. The molecule has 1 saturated heterocycles. The Balaban J connectivity index is 2.00. The van der Waals surface area contributed by atoms with Gasteiger partial charge < -0.3 is 10.6 Å². The molecule has 2 heterocycles. The van der Waals surface area contributed by atoms with Crippen LogP contribution in [0.3, 0.4) is 0 Å². The third kappa shape index (κ3) is 2.67. The maximum absolute atomic E-state index is 8.72. The van der Waals surface area contributed by atoms with Crippen LogP contribution in [0.2, 0.25) is 0 Å². The van der Waals surface area contributed by atoms with Crippen LogP contribution in [0, 0.1) is 11.3 Å². The first-order valence-corrected chi connectivity index (χ1v) is 5.23. The zero-order valence-electron chi connectivity index (χ0n) is 8.53. The van der Waals surface area contributed by atoms with Crippen LogP contribution >= 0.6 is 0 Å². The number of nitriles is 1. The Morgan fingerprint density at radius 3 is 3.20 bits per heavy atom. The fraction of sp³-hybridized carbons (Fsp3) is 0.455. The molecule has 0 radical (unpaired) electrons. The van der Waals surface area contributed by atoms with Crippen molar-refractivity contribution in [2.75, 3.05) is 18.4 Å². The first-order valence-electron chi connectivity index (χ1n) is 5.23. The number of hydrogen-bond donors (Lipinski definition) is 2. The number of piperidine rings is 1. The number of rotatable bonds is 2. The highest BCUT2D eigenvalue weighted by Gasteiger charge is 2.12. The van der Waals surface area contributed by atoms with E-state index in [0.717, 1.165) is 25.3 Å². The van der Waals surface area contributed by atoms with Crippen molar-refractivity contribution in [2.45, 2.75) is 18.9 Å². The molecule has 0 amide bonds. The molecule has 0 aromatic carbocycles. The van der Waals surface area contributed by atoms with Crippen LogP contribution < -0.4 is 10.6 Å². The normalized spacial score (nSPS) is 20.6. The van der Waals surface area contributed by atoms with E-state index in [1.54, 1.807) is 6.07 Å². The second kappa shape index (κ2) is 4.76. The van der Waals surface area contributed by atoms with Crippen LogP contribution in [-0.2, 0) is 0 Å². The number of anilines is 1. The maximum atomic E-state index is 8.72. The summed E-state index contributed by atoms with van der Waals surface area (Å²) in [5.74, 6) is 0.794. The second-order valence-corrected chi connectivity index (χ2v) is 3.71. The van der Waals surface area contributed by atoms with Crippen molar-refractivity contribution in [3.05, 3.63) is 23.9 Å². The lowest BCUT2D eigenvalue weighted by atomic mass is 10.1. The average Bonchev–Trinajstić information content (AvgIpc) is 2.31. The summed E-state index contributed by atoms with van der Waals surface area (Å²) < 4.78 is 0. The molecule has 1 atom stereocenters. The minimum absolute atomic E-state index is 0.431. The predicted octanol–water partition coefficient (Wildman–Crippen LogP) is 1.12. The third-order valence-electron chi connectivity index (χ3n) is 2.51. The maximum Gasteiger partial charge on any atom is 0.142 e. The van der Waals surface area contributed by atoms with Crippen LogP contribution in [0.25, 0.3) is 0 Å². The molecule has 4 nitrogen and oxygen atoms in total. The Morgan fingerprint density at radius 2 is 2.47 bits per heavy atom. The first-order chi connectivity index (χ1) is 7.38. The summed E-state index contributed by atoms with van der Waals surface area (Å²) in [6.45, 7) is 2.07. The van der Waals surface area contributed by atoms with Gasteiger partial charge in [-0.1, -0.05) is 6.07 Å². The van der Waals surface area contributed by atoms with Gasteiger partial charge in [0.15, 0.2) is 0 Å². The lowest BCUT2D eigenvalue weighted by molar-refractivity contribution is 0.479. The molecular formula is C11H14N4. The molecule has 15 heavy (non-hydrogen) atoms. The SMILES string of the molecule is N#Cc1cccc(NC2CCCNC2)n1. The van der Waals surface area contributed by atoms with E-state index in [2.05, 4.69) is 15.6 Å². The largest absolute Gasteiger partial charge is 0.366 e. The van der Waals surface area contributed by atoms with Gasteiger partial charge in [-0.15, -0.1) is 0 Å². The Labute approximate surface area is 89.3 Å². The van der Waals surface area contributed by atoms with Gasteiger partial charge in [-0.2, -0.15) is 5.26 Å². The number of pyridine rings is 1. The van der Waals surface area contributed by atoms with Gasteiger partial charge in [0.05, 0.1) is 0 Å². The van der Waals surface area contributed by atoms with Gasteiger partial charge >= 0.3 is 0 Å². The zero-order chi connectivity index (χ0) is 10.5. The van der Waals surface area contributed by atoms with Crippen LogP contribution in [-0.4, -0.2) is 24.1 Å². The summed E-state index contributed by atoms with van der Waals surface area (Å²) in [6.07, 6.45) is 2.35. The fourth-order valence-corrected chi connectivity index (χ4v) is 1.76. The number of aromatic nitrogens is 1. The van der Waals surface area contributed by atoms with Crippen molar-refractivity contribution in [3.8, 4) is 6.07 Å². The van der Waals surface area contributed by atoms with Crippen LogP contribution in [0.5, 0.6) is 0 Å². The molecule has 1 unspecified atom stereocenters. The van der Waals surface area contributed by atoms with Crippen molar-refractivity contribution < 1.29 is 0 Å². The minimum atomic E-state index is 0.431.